The predicted molar refractivity (Wildman–Crippen MR) is 90.8 cm³/mol. The summed E-state index contributed by atoms with van der Waals surface area (Å²) in [6.45, 7) is 1.66. The SMILES string of the molecule is Cl.O=S(=O)(c1ccccc1)c1ccc2c3c(oc2c1)CCNC3. The van der Waals surface area contributed by atoms with Crippen molar-refractivity contribution in [2.24, 2.45) is 0 Å². The second kappa shape index (κ2) is 6.00. The third-order valence-electron chi connectivity index (χ3n) is 4.04. The van der Waals surface area contributed by atoms with E-state index in [-0.39, 0.29) is 17.3 Å². The van der Waals surface area contributed by atoms with Gasteiger partial charge in [0.05, 0.1) is 9.79 Å². The lowest BCUT2D eigenvalue weighted by Crippen LogP contribution is -2.22. The lowest BCUT2D eigenvalue weighted by molar-refractivity contribution is 0.500. The van der Waals surface area contributed by atoms with E-state index in [2.05, 4.69) is 5.32 Å². The van der Waals surface area contributed by atoms with Crippen molar-refractivity contribution in [2.75, 3.05) is 6.54 Å². The molecule has 1 N–H and O–H groups in total. The molecule has 6 heteroatoms. The second-order valence-corrected chi connectivity index (χ2v) is 7.35. The molecule has 0 bridgehead atoms. The van der Waals surface area contributed by atoms with Crippen LogP contribution in [0.1, 0.15) is 11.3 Å². The Kier molecular flexibility index (Phi) is 4.19. The Labute approximate surface area is 140 Å². The molecule has 1 aliphatic heterocycles. The standard InChI is InChI=1S/C17H15NO3S.ClH/c19-22(20,12-4-2-1-3-5-12)13-6-7-14-15-11-18-9-8-16(15)21-17(14)10-13;/h1-7,10,18H,8-9,11H2;1H. The average molecular weight is 350 g/mol. The Hall–Kier alpha value is -1.82. The largest absolute Gasteiger partial charge is 0.461 e. The van der Waals surface area contributed by atoms with Crippen LogP contribution in [-0.2, 0) is 22.8 Å². The lowest BCUT2D eigenvalue weighted by Gasteiger charge is -2.10. The van der Waals surface area contributed by atoms with Gasteiger partial charge in [0.25, 0.3) is 0 Å². The number of nitrogens with one attached hydrogen (secondary N) is 1. The smallest absolute Gasteiger partial charge is 0.206 e. The van der Waals surface area contributed by atoms with Gasteiger partial charge < -0.3 is 9.73 Å². The van der Waals surface area contributed by atoms with Crippen LogP contribution >= 0.6 is 12.4 Å². The minimum Gasteiger partial charge on any atom is -0.461 e. The van der Waals surface area contributed by atoms with Crippen molar-refractivity contribution >= 4 is 33.2 Å². The van der Waals surface area contributed by atoms with Gasteiger partial charge in [0.2, 0.25) is 9.84 Å². The summed E-state index contributed by atoms with van der Waals surface area (Å²) in [4.78, 5) is 0.567. The van der Waals surface area contributed by atoms with E-state index < -0.39 is 9.84 Å². The summed E-state index contributed by atoms with van der Waals surface area (Å²) in [5.41, 5.74) is 1.79. The summed E-state index contributed by atoms with van der Waals surface area (Å²) in [6.07, 6.45) is 0.838. The highest BCUT2D eigenvalue weighted by molar-refractivity contribution is 7.91. The quantitative estimate of drug-likeness (QED) is 0.771. The van der Waals surface area contributed by atoms with E-state index in [1.165, 1.54) is 0 Å². The zero-order chi connectivity index (χ0) is 15.2. The van der Waals surface area contributed by atoms with Crippen LogP contribution in [-0.4, -0.2) is 15.0 Å². The number of fused-ring (bicyclic) bond motifs is 3. The molecule has 0 saturated carbocycles. The molecule has 0 fully saturated rings. The molecule has 2 aromatic carbocycles. The fourth-order valence-corrected chi connectivity index (χ4v) is 4.19. The molecule has 2 heterocycles. The number of furan rings is 1. The molecule has 0 unspecified atom stereocenters. The predicted octanol–water partition coefficient (Wildman–Crippen LogP) is 3.33. The fraction of sp³-hybridized carbons (Fsp3) is 0.176. The summed E-state index contributed by atoms with van der Waals surface area (Å²) in [5.74, 6) is 0.961. The Bertz CT molecular complexity index is 949. The summed E-state index contributed by atoms with van der Waals surface area (Å²) >= 11 is 0. The van der Waals surface area contributed by atoms with Crippen molar-refractivity contribution in [1.29, 1.82) is 0 Å². The Morgan fingerprint density at radius 2 is 1.78 bits per heavy atom. The minimum atomic E-state index is -3.51. The zero-order valence-electron chi connectivity index (χ0n) is 12.3. The van der Waals surface area contributed by atoms with Crippen LogP contribution in [0.2, 0.25) is 0 Å². The Balaban J connectivity index is 0.00000156. The number of hydrogen-bond donors (Lipinski definition) is 1. The maximum absolute atomic E-state index is 12.7. The van der Waals surface area contributed by atoms with Crippen molar-refractivity contribution in [3.63, 3.8) is 0 Å². The van der Waals surface area contributed by atoms with Crippen LogP contribution in [0.3, 0.4) is 0 Å². The van der Waals surface area contributed by atoms with E-state index in [9.17, 15) is 8.42 Å². The third-order valence-corrected chi connectivity index (χ3v) is 5.81. The first-order chi connectivity index (χ1) is 10.7. The molecular formula is C17H16ClNO3S. The highest BCUT2D eigenvalue weighted by Gasteiger charge is 2.21. The van der Waals surface area contributed by atoms with Crippen molar-refractivity contribution < 1.29 is 12.8 Å². The maximum Gasteiger partial charge on any atom is 0.206 e. The highest BCUT2D eigenvalue weighted by atomic mass is 35.5. The molecule has 120 valence electrons. The first-order valence-electron chi connectivity index (χ1n) is 7.21. The van der Waals surface area contributed by atoms with Crippen molar-refractivity contribution in [3.8, 4) is 0 Å². The number of hydrogen-bond acceptors (Lipinski definition) is 4. The molecule has 0 radical (unpaired) electrons. The molecule has 4 nitrogen and oxygen atoms in total. The van der Waals surface area contributed by atoms with Gasteiger partial charge in [-0.1, -0.05) is 18.2 Å². The van der Waals surface area contributed by atoms with Gasteiger partial charge in [0.1, 0.15) is 11.3 Å². The van der Waals surface area contributed by atoms with Crippen molar-refractivity contribution in [1.82, 2.24) is 5.32 Å². The van der Waals surface area contributed by atoms with Crippen LogP contribution < -0.4 is 5.32 Å². The van der Waals surface area contributed by atoms with Gasteiger partial charge >= 0.3 is 0 Å². The Morgan fingerprint density at radius 1 is 1.00 bits per heavy atom. The van der Waals surface area contributed by atoms with Gasteiger partial charge in [-0.15, -0.1) is 12.4 Å². The summed E-state index contributed by atoms with van der Waals surface area (Å²) in [6, 6.07) is 13.6. The molecule has 0 atom stereocenters. The van der Waals surface area contributed by atoms with Crippen LogP contribution in [0.4, 0.5) is 0 Å². The topological polar surface area (TPSA) is 59.3 Å². The molecule has 0 spiro atoms. The van der Waals surface area contributed by atoms with Crippen molar-refractivity contribution in [2.45, 2.75) is 22.8 Å². The van der Waals surface area contributed by atoms with Crippen LogP contribution in [0.15, 0.2) is 62.7 Å². The maximum atomic E-state index is 12.7. The Morgan fingerprint density at radius 3 is 2.57 bits per heavy atom. The summed E-state index contributed by atoms with van der Waals surface area (Å²) in [5, 5.41) is 4.31. The van der Waals surface area contributed by atoms with E-state index in [0.717, 1.165) is 36.2 Å². The van der Waals surface area contributed by atoms with Crippen LogP contribution in [0.5, 0.6) is 0 Å². The normalized spacial score (nSPS) is 14.3. The molecule has 0 aliphatic carbocycles. The van der Waals surface area contributed by atoms with E-state index in [1.807, 2.05) is 6.07 Å². The van der Waals surface area contributed by atoms with Gasteiger partial charge in [-0.2, -0.15) is 0 Å². The van der Waals surface area contributed by atoms with Gasteiger partial charge in [-0.05, 0) is 24.3 Å². The van der Waals surface area contributed by atoms with Crippen LogP contribution in [0.25, 0.3) is 11.0 Å². The van der Waals surface area contributed by atoms with E-state index >= 15 is 0 Å². The number of halogens is 1. The van der Waals surface area contributed by atoms with E-state index in [4.69, 9.17) is 4.42 Å². The highest BCUT2D eigenvalue weighted by Crippen LogP contribution is 2.31. The molecule has 1 aromatic heterocycles. The summed E-state index contributed by atoms with van der Waals surface area (Å²) in [7, 11) is -3.51. The molecule has 23 heavy (non-hydrogen) atoms. The monoisotopic (exact) mass is 349 g/mol. The van der Waals surface area contributed by atoms with Crippen LogP contribution in [0, 0.1) is 0 Å². The van der Waals surface area contributed by atoms with Crippen molar-refractivity contribution in [3.05, 3.63) is 59.9 Å². The third kappa shape index (κ3) is 2.65. The van der Waals surface area contributed by atoms with E-state index in [1.54, 1.807) is 42.5 Å². The molecular weight excluding hydrogens is 334 g/mol. The molecule has 4 rings (SSSR count). The number of rotatable bonds is 2. The first kappa shape index (κ1) is 16.1. The fourth-order valence-electron chi connectivity index (χ4n) is 2.89. The molecule has 1 aliphatic rings. The number of benzene rings is 2. The first-order valence-corrected chi connectivity index (χ1v) is 8.70. The summed E-state index contributed by atoms with van der Waals surface area (Å²) < 4.78 is 31.2. The second-order valence-electron chi connectivity index (χ2n) is 5.41. The van der Waals surface area contributed by atoms with Gasteiger partial charge in [-0.3, -0.25) is 0 Å². The number of sulfone groups is 1. The van der Waals surface area contributed by atoms with Gasteiger partial charge in [0.15, 0.2) is 0 Å². The zero-order valence-corrected chi connectivity index (χ0v) is 13.9. The van der Waals surface area contributed by atoms with Gasteiger partial charge in [-0.25, -0.2) is 8.42 Å². The molecule has 0 amide bonds. The van der Waals surface area contributed by atoms with Gasteiger partial charge in [0, 0.05) is 36.5 Å². The molecule has 3 aromatic rings. The lowest BCUT2D eigenvalue weighted by atomic mass is 10.1. The van der Waals surface area contributed by atoms with E-state index in [0.29, 0.717) is 10.5 Å². The average Bonchev–Trinajstić information content (AvgIpc) is 2.93. The molecule has 0 saturated heterocycles. The minimum absolute atomic E-state index is 0.